The standard InChI is InChI=1S/C24H27ClN2O6/c1-3-31-24(30)33-21-9-5-18(6-10-21)23(29)27-14-4-13-26(15-16-27)22(28)17(2)32-20-11-7-19(25)8-12-20/h5-12,17H,3-4,13-16H2,1-2H3. The molecule has 1 saturated heterocycles. The van der Waals surface area contributed by atoms with Crippen molar-refractivity contribution in [2.75, 3.05) is 32.8 Å². The Balaban J connectivity index is 1.54. The Morgan fingerprint density at radius 2 is 1.52 bits per heavy atom. The van der Waals surface area contributed by atoms with Crippen molar-refractivity contribution in [2.24, 2.45) is 0 Å². The minimum absolute atomic E-state index is 0.125. The van der Waals surface area contributed by atoms with Gasteiger partial charge in [-0.1, -0.05) is 11.6 Å². The molecule has 176 valence electrons. The molecule has 0 radical (unpaired) electrons. The van der Waals surface area contributed by atoms with Crippen LogP contribution in [0.3, 0.4) is 0 Å². The monoisotopic (exact) mass is 474 g/mol. The molecule has 0 N–H and O–H groups in total. The second-order valence-electron chi connectivity index (χ2n) is 7.49. The van der Waals surface area contributed by atoms with Crippen LogP contribution in [0.2, 0.25) is 5.02 Å². The predicted octanol–water partition coefficient (Wildman–Crippen LogP) is 4.02. The number of rotatable bonds is 6. The zero-order valence-corrected chi connectivity index (χ0v) is 19.4. The van der Waals surface area contributed by atoms with Gasteiger partial charge in [0.1, 0.15) is 11.5 Å². The maximum atomic E-state index is 12.9. The molecule has 1 atom stereocenters. The zero-order valence-electron chi connectivity index (χ0n) is 18.7. The molecule has 1 unspecified atom stereocenters. The summed E-state index contributed by atoms with van der Waals surface area (Å²) < 4.78 is 15.5. The molecule has 2 aromatic rings. The lowest BCUT2D eigenvalue weighted by Gasteiger charge is -2.25. The number of halogens is 1. The van der Waals surface area contributed by atoms with Gasteiger partial charge >= 0.3 is 6.16 Å². The first-order valence-electron chi connectivity index (χ1n) is 10.8. The fourth-order valence-corrected chi connectivity index (χ4v) is 3.58. The summed E-state index contributed by atoms with van der Waals surface area (Å²) in [6.45, 7) is 5.54. The maximum absolute atomic E-state index is 12.9. The van der Waals surface area contributed by atoms with Crippen molar-refractivity contribution in [1.82, 2.24) is 9.80 Å². The van der Waals surface area contributed by atoms with Gasteiger partial charge in [-0.25, -0.2) is 4.79 Å². The molecule has 0 aromatic heterocycles. The molecule has 1 fully saturated rings. The molecule has 0 aliphatic carbocycles. The van der Waals surface area contributed by atoms with Gasteiger partial charge in [-0.3, -0.25) is 9.59 Å². The molecule has 2 amide bonds. The second kappa shape index (κ2) is 11.6. The van der Waals surface area contributed by atoms with Gasteiger partial charge in [0.25, 0.3) is 11.8 Å². The van der Waals surface area contributed by atoms with Crippen molar-refractivity contribution in [1.29, 1.82) is 0 Å². The molecule has 33 heavy (non-hydrogen) atoms. The number of carbonyl (C=O) groups excluding carboxylic acids is 3. The third kappa shape index (κ3) is 6.86. The Labute approximate surface area is 198 Å². The Kier molecular flexibility index (Phi) is 8.54. The van der Waals surface area contributed by atoms with E-state index in [4.69, 9.17) is 25.8 Å². The molecule has 0 saturated carbocycles. The highest BCUT2D eigenvalue weighted by atomic mass is 35.5. The van der Waals surface area contributed by atoms with Crippen LogP contribution < -0.4 is 9.47 Å². The summed E-state index contributed by atoms with van der Waals surface area (Å²) in [5, 5.41) is 0.597. The number of benzene rings is 2. The second-order valence-corrected chi connectivity index (χ2v) is 7.93. The van der Waals surface area contributed by atoms with Crippen molar-refractivity contribution in [3.63, 3.8) is 0 Å². The number of amides is 2. The van der Waals surface area contributed by atoms with Gasteiger partial charge in [0, 0.05) is 36.8 Å². The maximum Gasteiger partial charge on any atom is 0.513 e. The SMILES string of the molecule is CCOC(=O)Oc1ccc(C(=O)N2CCCN(C(=O)C(C)Oc3ccc(Cl)cc3)CC2)cc1. The van der Waals surface area contributed by atoms with E-state index in [0.29, 0.717) is 54.7 Å². The summed E-state index contributed by atoms with van der Waals surface area (Å²) in [5.41, 5.74) is 0.477. The van der Waals surface area contributed by atoms with Gasteiger partial charge in [0.05, 0.1) is 6.61 Å². The summed E-state index contributed by atoms with van der Waals surface area (Å²) in [6, 6.07) is 13.2. The van der Waals surface area contributed by atoms with Crippen LogP contribution >= 0.6 is 11.6 Å². The van der Waals surface area contributed by atoms with Crippen LogP contribution in [0.4, 0.5) is 4.79 Å². The van der Waals surface area contributed by atoms with Gasteiger partial charge in [0.15, 0.2) is 6.10 Å². The topological polar surface area (TPSA) is 85.4 Å². The highest BCUT2D eigenvalue weighted by molar-refractivity contribution is 6.30. The third-order valence-corrected chi connectivity index (χ3v) is 5.39. The highest BCUT2D eigenvalue weighted by Gasteiger charge is 2.26. The minimum Gasteiger partial charge on any atom is -0.481 e. The summed E-state index contributed by atoms with van der Waals surface area (Å²) in [5.74, 6) is 0.603. The van der Waals surface area contributed by atoms with Crippen LogP contribution in [0.15, 0.2) is 48.5 Å². The van der Waals surface area contributed by atoms with Crippen LogP contribution in [0.25, 0.3) is 0 Å². The largest absolute Gasteiger partial charge is 0.513 e. The molecule has 1 aliphatic rings. The van der Waals surface area contributed by atoms with Gasteiger partial charge < -0.3 is 24.0 Å². The number of hydrogen-bond donors (Lipinski definition) is 0. The lowest BCUT2D eigenvalue weighted by molar-refractivity contribution is -0.137. The number of nitrogens with zero attached hydrogens (tertiary/aromatic N) is 2. The van der Waals surface area contributed by atoms with Crippen LogP contribution in [0, 0.1) is 0 Å². The summed E-state index contributed by atoms with van der Waals surface area (Å²) in [6.07, 6.45) is -0.779. The number of ether oxygens (including phenoxy) is 3. The minimum atomic E-state index is -0.789. The molecule has 1 heterocycles. The van der Waals surface area contributed by atoms with Crippen LogP contribution in [0.5, 0.6) is 11.5 Å². The van der Waals surface area contributed by atoms with E-state index in [2.05, 4.69) is 0 Å². The first-order chi connectivity index (χ1) is 15.9. The van der Waals surface area contributed by atoms with E-state index < -0.39 is 12.3 Å². The van der Waals surface area contributed by atoms with E-state index in [-0.39, 0.29) is 18.4 Å². The van der Waals surface area contributed by atoms with Crippen molar-refractivity contribution < 1.29 is 28.6 Å². The third-order valence-electron chi connectivity index (χ3n) is 5.13. The first kappa shape index (κ1) is 24.4. The lowest BCUT2D eigenvalue weighted by atomic mass is 10.2. The summed E-state index contributed by atoms with van der Waals surface area (Å²) >= 11 is 5.89. The molecular formula is C24H27ClN2O6. The fraction of sp³-hybridized carbons (Fsp3) is 0.375. The van der Waals surface area contributed by atoms with Gasteiger partial charge in [-0.15, -0.1) is 0 Å². The molecule has 3 rings (SSSR count). The molecule has 1 aliphatic heterocycles. The Hall–Kier alpha value is -3.26. The van der Waals surface area contributed by atoms with Crippen molar-refractivity contribution in [2.45, 2.75) is 26.4 Å². The van der Waals surface area contributed by atoms with E-state index in [0.717, 1.165) is 0 Å². The fourth-order valence-electron chi connectivity index (χ4n) is 3.46. The quantitative estimate of drug-likeness (QED) is 0.464. The Morgan fingerprint density at radius 1 is 0.909 bits per heavy atom. The van der Waals surface area contributed by atoms with Crippen molar-refractivity contribution in [3.05, 3.63) is 59.1 Å². The van der Waals surface area contributed by atoms with E-state index in [9.17, 15) is 14.4 Å². The number of hydrogen-bond acceptors (Lipinski definition) is 6. The smallest absolute Gasteiger partial charge is 0.481 e. The van der Waals surface area contributed by atoms with E-state index >= 15 is 0 Å². The number of carbonyl (C=O) groups is 3. The molecule has 0 bridgehead atoms. The van der Waals surface area contributed by atoms with E-state index in [1.54, 1.807) is 72.2 Å². The van der Waals surface area contributed by atoms with Gasteiger partial charge in [0.2, 0.25) is 0 Å². The van der Waals surface area contributed by atoms with Gasteiger partial charge in [-0.05, 0) is 68.8 Å². The molecule has 9 heteroatoms. The van der Waals surface area contributed by atoms with Crippen LogP contribution in [-0.2, 0) is 9.53 Å². The van der Waals surface area contributed by atoms with E-state index in [1.165, 1.54) is 0 Å². The average molecular weight is 475 g/mol. The zero-order chi connectivity index (χ0) is 23.8. The van der Waals surface area contributed by atoms with E-state index in [1.807, 2.05) is 0 Å². The van der Waals surface area contributed by atoms with Crippen LogP contribution in [0.1, 0.15) is 30.6 Å². The molecule has 8 nitrogen and oxygen atoms in total. The normalized spacial score (nSPS) is 14.8. The lowest BCUT2D eigenvalue weighted by Crippen LogP contribution is -2.43. The summed E-state index contributed by atoms with van der Waals surface area (Å²) in [4.78, 5) is 40.6. The summed E-state index contributed by atoms with van der Waals surface area (Å²) in [7, 11) is 0. The van der Waals surface area contributed by atoms with Gasteiger partial charge in [-0.2, -0.15) is 0 Å². The Morgan fingerprint density at radius 3 is 2.18 bits per heavy atom. The van der Waals surface area contributed by atoms with Crippen molar-refractivity contribution in [3.8, 4) is 11.5 Å². The van der Waals surface area contributed by atoms with Crippen molar-refractivity contribution >= 4 is 29.6 Å². The van der Waals surface area contributed by atoms with Crippen LogP contribution in [-0.4, -0.2) is 66.7 Å². The molecule has 2 aromatic carbocycles. The highest BCUT2D eigenvalue weighted by Crippen LogP contribution is 2.19. The molecular weight excluding hydrogens is 448 g/mol. The molecule has 0 spiro atoms. The Bertz CT molecular complexity index is 964. The first-order valence-corrected chi connectivity index (χ1v) is 11.2. The predicted molar refractivity (Wildman–Crippen MR) is 123 cm³/mol. The average Bonchev–Trinajstić information content (AvgIpc) is 3.06.